The number of benzene rings is 1. The molecule has 0 unspecified atom stereocenters. The highest BCUT2D eigenvalue weighted by molar-refractivity contribution is 7.10. The number of thiophene rings is 1. The van der Waals surface area contributed by atoms with Gasteiger partial charge in [-0.1, -0.05) is 12.1 Å². The van der Waals surface area contributed by atoms with Gasteiger partial charge in [-0.25, -0.2) is 0 Å². The maximum atomic E-state index is 12.2. The van der Waals surface area contributed by atoms with E-state index < -0.39 is 0 Å². The first-order valence-corrected chi connectivity index (χ1v) is 6.70. The average molecular weight is 261 g/mol. The second kappa shape index (κ2) is 5.69. The number of likely N-dealkylation sites (N-methyl/N-ethyl adjacent to an activating group) is 1. The van der Waals surface area contributed by atoms with Crippen LogP contribution in [0.1, 0.15) is 11.8 Å². The van der Waals surface area contributed by atoms with Crippen molar-refractivity contribution in [2.45, 2.75) is 13.3 Å². The van der Waals surface area contributed by atoms with Gasteiger partial charge in [-0.2, -0.15) is 0 Å². The van der Waals surface area contributed by atoms with E-state index in [2.05, 4.69) is 0 Å². The summed E-state index contributed by atoms with van der Waals surface area (Å²) in [5.41, 5.74) is 0.735. The molecule has 1 aromatic carbocycles. The van der Waals surface area contributed by atoms with Gasteiger partial charge in [0.15, 0.2) is 0 Å². The summed E-state index contributed by atoms with van der Waals surface area (Å²) in [6.45, 7) is 2.52. The van der Waals surface area contributed by atoms with Crippen LogP contribution in [0.25, 0.3) is 0 Å². The summed E-state index contributed by atoms with van der Waals surface area (Å²) in [6, 6.07) is 10.7. The van der Waals surface area contributed by atoms with Crippen LogP contribution < -0.4 is 4.90 Å². The number of aromatic hydroxyl groups is 1. The molecule has 0 spiro atoms. The second-order valence-corrected chi connectivity index (χ2v) is 4.95. The Bertz CT molecular complexity index is 522. The Balaban J connectivity index is 2.15. The first kappa shape index (κ1) is 12.6. The fourth-order valence-corrected chi connectivity index (χ4v) is 2.52. The van der Waals surface area contributed by atoms with Crippen LogP contribution in [-0.4, -0.2) is 17.6 Å². The second-order valence-electron chi connectivity index (χ2n) is 3.91. The van der Waals surface area contributed by atoms with Crippen LogP contribution in [0.5, 0.6) is 5.75 Å². The summed E-state index contributed by atoms with van der Waals surface area (Å²) >= 11 is 1.58. The van der Waals surface area contributed by atoms with Crippen molar-refractivity contribution in [3.05, 3.63) is 46.7 Å². The van der Waals surface area contributed by atoms with Crippen molar-refractivity contribution in [3.8, 4) is 5.75 Å². The number of carbonyl (C=O) groups excluding carboxylic acids is 1. The van der Waals surface area contributed by atoms with Gasteiger partial charge < -0.3 is 10.0 Å². The van der Waals surface area contributed by atoms with E-state index in [1.165, 1.54) is 0 Å². The molecule has 0 aliphatic rings. The molecular formula is C14H15NO2S. The Kier molecular flexibility index (Phi) is 3.99. The molecule has 0 atom stereocenters. The molecule has 94 valence electrons. The minimum absolute atomic E-state index is 0.0468. The van der Waals surface area contributed by atoms with E-state index in [4.69, 9.17) is 0 Å². The van der Waals surface area contributed by atoms with Gasteiger partial charge in [0.05, 0.1) is 6.42 Å². The number of phenols is 1. The van der Waals surface area contributed by atoms with E-state index in [-0.39, 0.29) is 11.7 Å². The standard InChI is InChI=1S/C14H15NO2S/c1-2-15(11-5-3-6-12(16)9-11)14(17)10-13-7-4-8-18-13/h3-9,16H,2,10H2,1H3. The maximum absolute atomic E-state index is 12.2. The zero-order valence-electron chi connectivity index (χ0n) is 10.2. The van der Waals surface area contributed by atoms with Crippen LogP contribution in [0.3, 0.4) is 0 Å². The molecule has 0 bridgehead atoms. The van der Waals surface area contributed by atoms with Gasteiger partial charge in [0.2, 0.25) is 5.91 Å². The predicted octanol–water partition coefficient (Wildman–Crippen LogP) is 3.05. The molecule has 2 rings (SSSR count). The Morgan fingerprint density at radius 2 is 2.17 bits per heavy atom. The van der Waals surface area contributed by atoms with Crippen LogP contribution in [-0.2, 0) is 11.2 Å². The highest BCUT2D eigenvalue weighted by Gasteiger charge is 2.15. The first-order valence-electron chi connectivity index (χ1n) is 5.82. The van der Waals surface area contributed by atoms with Gasteiger partial charge in [0, 0.05) is 23.2 Å². The lowest BCUT2D eigenvalue weighted by Gasteiger charge is -2.20. The number of hydrogen-bond acceptors (Lipinski definition) is 3. The number of anilines is 1. The Labute approximate surface area is 110 Å². The number of amides is 1. The van der Waals surface area contributed by atoms with Crippen LogP contribution >= 0.6 is 11.3 Å². The lowest BCUT2D eigenvalue weighted by Crippen LogP contribution is -2.31. The SMILES string of the molecule is CCN(C(=O)Cc1cccs1)c1cccc(O)c1. The van der Waals surface area contributed by atoms with Crippen molar-refractivity contribution < 1.29 is 9.90 Å². The van der Waals surface area contributed by atoms with Gasteiger partial charge in [0.25, 0.3) is 0 Å². The molecule has 4 heteroatoms. The van der Waals surface area contributed by atoms with Crippen molar-refractivity contribution in [3.63, 3.8) is 0 Å². The topological polar surface area (TPSA) is 40.5 Å². The number of rotatable bonds is 4. The molecule has 0 fully saturated rings. The van der Waals surface area contributed by atoms with Gasteiger partial charge >= 0.3 is 0 Å². The number of carbonyl (C=O) groups is 1. The molecule has 1 amide bonds. The number of phenolic OH excluding ortho intramolecular Hbond substituents is 1. The van der Waals surface area contributed by atoms with Gasteiger partial charge in [0.1, 0.15) is 5.75 Å². The van der Waals surface area contributed by atoms with E-state index in [1.54, 1.807) is 34.4 Å². The highest BCUT2D eigenvalue weighted by atomic mass is 32.1. The molecule has 3 nitrogen and oxygen atoms in total. The lowest BCUT2D eigenvalue weighted by molar-refractivity contribution is -0.117. The Morgan fingerprint density at radius 1 is 1.33 bits per heavy atom. The minimum Gasteiger partial charge on any atom is -0.508 e. The van der Waals surface area contributed by atoms with Crippen molar-refractivity contribution in [2.24, 2.45) is 0 Å². The van der Waals surface area contributed by atoms with E-state index >= 15 is 0 Å². The van der Waals surface area contributed by atoms with E-state index in [1.807, 2.05) is 30.5 Å². The van der Waals surface area contributed by atoms with E-state index in [9.17, 15) is 9.90 Å². The largest absolute Gasteiger partial charge is 0.508 e. The summed E-state index contributed by atoms with van der Waals surface area (Å²) in [7, 11) is 0. The first-order chi connectivity index (χ1) is 8.70. The molecule has 1 heterocycles. The van der Waals surface area contributed by atoms with Crippen molar-refractivity contribution in [2.75, 3.05) is 11.4 Å². The zero-order valence-corrected chi connectivity index (χ0v) is 11.0. The molecule has 0 radical (unpaired) electrons. The fraction of sp³-hybridized carbons (Fsp3) is 0.214. The van der Waals surface area contributed by atoms with Crippen molar-refractivity contribution in [1.29, 1.82) is 0 Å². The smallest absolute Gasteiger partial charge is 0.232 e. The third-order valence-corrected chi connectivity index (χ3v) is 3.54. The molecule has 0 aliphatic heterocycles. The summed E-state index contributed by atoms with van der Waals surface area (Å²) < 4.78 is 0. The van der Waals surface area contributed by atoms with Crippen LogP contribution in [0.4, 0.5) is 5.69 Å². The van der Waals surface area contributed by atoms with Crippen LogP contribution in [0.15, 0.2) is 41.8 Å². The summed E-state index contributed by atoms with van der Waals surface area (Å²) in [5, 5.41) is 11.4. The fourth-order valence-electron chi connectivity index (χ4n) is 1.82. The van der Waals surface area contributed by atoms with Crippen molar-refractivity contribution >= 4 is 22.9 Å². The van der Waals surface area contributed by atoms with Crippen LogP contribution in [0.2, 0.25) is 0 Å². The minimum atomic E-state index is 0.0468. The average Bonchev–Trinajstić information content (AvgIpc) is 2.83. The zero-order chi connectivity index (χ0) is 13.0. The quantitative estimate of drug-likeness (QED) is 0.919. The molecule has 1 aromatic heterocycles. The summed E-state index contributed by atoms with van der Waals surface area (Å²) in [6.07, 6.45) is 0.404. The lowest BCUT2D eigenvalue weighted by atomic mass is 10.2. The number of hydrogen-bond donors (Lipinski definition) is 1. The molecule has 2 aromatic rings. The number of nitrogens with zero attached hydrogens (tertiary/aromatic N) is 1. The maximum Gasteiger partial charge on any atom is 0.232 e. The third-order valence-electron chi connectivity index (χ3n) is 2.66. The van der Waals surface area contributed by atoms with Crippen LogP contribution in [0, 0.1) is 0 Å². The monoisotopic (exact) mass is 261 g/mol. The molecule has 0 aliphatic carbocycles. The molecule has 18 heavy (non-hydrogen) atoms. The highest BCUT2D eigenvalue weighted by Crippen LogP contribution is 2.21. The Morgan fingerprint density at radius 3 is 2.78 bits per heavy atom. The molecule has 0 saturated carbocycles. The third kappa shape index (κ3) is 2.90. The van der Waals surface area contributed by atoms with Gasteiger partial charge in [-0.05, 0) is 30.5 Å². The summed E-state index contributed by atoms with van der Waals surface area (Å²) in [4.78, 5) is 14.9. The molecule has 0 saturated heterocycles. The Hall–Kier alpha value is -1.81. The van der Waals surface area contributed by atoms with E-state index in [0.29, 0.717) is 13.0 Å². The van der Waals surface area contributed by atoms with E-state index in [0.717, 1.165) is 10.6 Å². The van der Waals surface area contributed by atoms with Gasteiger partial charge in [-0.3, -0.25) is 4.79 Å². The normalized spacial score (nSPS) is 10.3. The summed E-state index contributed by atoms with van der Waals surface area (Å²) in [5.74, 6) is 0.223. The molecular weight excluding hydrogens is 246 g/mol. The molecule has 1 N–H and O–H groups in total. The van der Waals surface area contributed by atoms with Crippen molar-refractivity contribution in [1.82, 2.24) is 0 Å². The van der Waals surface area contributed by atoms with Gasteiger partial charge in [-0.15, -0.1) is 11.3 Å². The predicted molar refractivity (Wildman–Crippen MR) is 74.2 cm³/mol.